The Labute approximate surface area is 177 Å². The smallest absolute Gasteiger partial charge is 0.305 e. The van der Waals surface area contributed by atoms with Crippen molar-refractivity contribution >= 4 is 23.3 Å². The largest absolute Gasteiger partial charge is 1.00 e. The maximum absolute atomic E-state index is 14.1. The van der Waals surface area contributed by atoms with Crippen molar-refractivity contribution in [2.45, 2.75) is 13.8 Å². The van der Waals surface area contributed by atoms with E-state index in [0.717, 1.165) is 16.7 Å². The van der Waals surface area contributed by atoms with Gasteiger partial charge in [-0.15, -0.1) is 0 Å². The fraction of sp³-hybridized carbons (Fsp3) is 0.0909. The van der Waals surface area contributed by atoms with E-state index in [1.807, 2.05) is 62.4 Å². The van der Waals surface area contributed by atoms with Crippen molar-refractivity contribution in [1.82, 2.24) is 0 Å². The van der Waals surface area contributed by atoms with E-state index in [4.69, 9.17) is 0 Å². The zero-order valence-electron chi connectivity index (χ0n) is 15.4. The molecule has 3 rings (SSSR count). The first-order valence-electron chi connectivity index (χ1n) is 8.14. The van der Waals surface area contributed by atoms with Crippen LogP contribution >= 0.6 is 7.14 Å². The van der Waals surface area contributed by atoms with Gasteiger partial charge < -0.3 is 4.57 Å². The number of carbonyl (C=O) groups is 1. The van der Waals surface area contributed by atoms with Gasteiger partial charge in [-0.3, -0.25) is 4.79 Å². The molecule has 26 heavy (non-hydrogen) atoms. The molecule has 0 spiro atoms. The molecule has 2 nitrogen and oxygen atoms in total. The summed E-state index contributed by atoms with van der Waals surface area (Å²) in [5.74, 6) is 0. The van der Waals surface area contributed by atoms with Crippen molar-refractivity contribution in [2.75, 3.05) is 0 Å². The van der Waals surface area contributed by atoms with Gasteiger partial charge in [-0.05, 0) is 0 Å². The molecule has 0 N–H and O–H groups in total. The maximum Gasteiger partial charge on any atom is 1.00 e. The van der Waals surface area contributed by atoms with Crippen LogP contribution in [0.3, 0.4) is 0 Å². The Kier molecular flexibility index (Phi) is 6.71. The third kappa shape index (κ3) is 3.75. The first-order chi connectivity index (χ1) is 11.9. The van der Waals surface area contributed by atoms with Gasteiger partial charge in [0.25, 0.3) is 0 Å². The van der Waals surface area contributed by atoms with E-state index < -0.39 is 7.14 Å². The molecule has 0 unspecified atom stereocenters. The van der Waals surface area contributed by atoms with Crippen LogP contribution in [0.1, 0.15) is 27.0 Å². The van der Waals surface area contributed by atoms with Crippen molar-refractivity contribution in [3.63, 3.8) is 0 Å². The minimum Gasteiger partial charge on any atom is -0.305 e. The molecule has 126 valence electrons. The van der Waals surface area contributed by atoms with Gasteiger partial charge in [-0.25, -0.2) is 0 Å². The third-order valence-electron chi connectivity index (χ3n) is 4.33. The summed E-state index contributed by atoms with van der Waals surface area (Å²) in [6.07, 6.45) is 0. The molecule has 0 amide bonds. The van der Waals surface area contributed by atoms with Crippen molar-refractivity contribution in [2.24, 2.45) is 0 Å². The molecule has 3 aromatic rings. The van der Waals surface area contributed by atoms with Crippen molar-refractivity contribution < 1.29 is 38.9 Å². The van der Waals surface area contributed by atoms with E-state index in [2.05, 4.69) is 6.92 Å². The number of aryl methyl sites for hydroxylation is 2. The zero-order chi connectivity index (χ0) is 18.0. The van der Waals surface area contributed by atoms with Crippen molar-refractivity contribution in [1.29, 1.82) is 0 Å². The molecule has 0 aliphatic carbocycles. The molecule has 0 aliphatic heterocycles. The number of rotatable bonds is 4. The van der Waals surface area contributed by atoms with Crippen LogP contribution in [0.25, 0.3) is 0 Å². The second kappa shape index (κ2) is 8.41. The van der Waals surface area contributed by atoms with Crippen LogP contribution in [-0.2, 0) is 4.57 Å². The molecule has 0 aliphatic rings. The zero-order valence-corrected chi connectivity index (χ0v) is 18.3. The molecular weight excluding hydrogens is 350 g/mol. The number of hydrogen-bond donors (Lipinski definition) is 0. The van der Waals surface area contributed by atoms with Crippen LogP contribution in [0.5, 0.6) is 0 Å². The second-order valence-electron chi connectivity index (χ2n) is 6.19. The standard InChI is InChI=1S/C22H20O2P.Na/c1-16-14-17(2)21(18(3)15-16)22(23)25(24,19-10-6-4-7-11-19)20-12-8-5-9-13-20;/h4-15H,1H2,2-3H3;/q-1;+1. The van der Waals surface area contributed by atoms with Crippen LogP contribution < -0.4 is 40.2 Å². The molecule has 0 heterocycles. The summed E-state index contributed by atoms with van der Waals surface area (Å²) in [7, 11) is -3.47. The fourth-order valence-electron chi connectivity index (χ4n) is 3.21. The topological polar surface area (TPSA) is 34.1 Å². The number of carbonyl (C=O) groups excluding carboxylic acids is 1. The molecule has 0 aromatic heterocycles. The summed E-state index contributed by atoms with van der Waals surface area (Å²) in [5.41, 5.74) is 2.67. The van der Waals surface area contributed by atoms with Gasteiger partial charge in [0.05, 0.1) is 0 Å². The first-order valence-corrected chi connectivity index (χ1v) is 9.84. The average Bonchev–Trinajstić information content (AvgIpc) is 2.61. The summed E-state index contributed by atoms with van der Waals surface area (Å²) in [6, 6.07) is 21.8. The van der Waals surface area contributed by atoms with E-state index in [1.165, 1.54) is 0 Å². The van der Waals surface area contributed by atoms with Crippen LogP contribution in [0.4, 0.5) is 0 Å². The maximum atomic E-state index is 14.1. The molecule has 4 heteroatoms. The summed E-state index contributed by atoms with van der Waals surface area (Å²) in [4.78, 5) is 13.5. The van der Waals surface area contributed by atoms with E-state index >= 15 is 0 Å². The fourth-order valence-corrected chi connectivity index (χ4v) is 5.83. The normalized spacial score (nSPS) is 10.8. The predicted octanol–water partition coefficient (Wildman–Crippen LogP) is 1.64. The Hall–Kier alpha value is -1.57. The van der Waals surface area contributed by atoms with Gasteiger partial charge in [0.2, 0.25) is 12.7 Å². The van der Waals surface area contributed by atoms with Gasteiger partial charge >= 0.3 is 29.6 Å². The van der Waals surface area contributed by atoms with E-state index in [-0.39, 0.29) is 35.1 Å². The molecule has 0 bridgehead atoms. The molecule has 0 atom stereocenters. The van der Waals surface area contributed by atoms with Crippen molar-refractivity contribution in [3.05, 3.63) is 102 Å². The van der Waals surface area contributed by atoms with Gasteiger partial charge in [0, 0.05) is 16.2 Å². The van der Waals surface area contributed by atoms with E-state index in [1.54, 1.807) is 24.3 Å². The van der Waals surface area contributed by atoms with Gasteiger partial charge in [0.1, 0.15) is 0 Å². The van der Waals surface area contributed by atoms with Crippen molar-refractivity contribution in [3.8, 4) is 0 Å². The minimum absolute atomic E-state index is 0. The third-order valence-corrected chi connectivity index (χ3v) is 7.18. The Balaban J connectivity index is 0.00000243. The minimum atomic E-state index is -3.47. The molecule has 0 saturated heterocycles. The monoisotopic (exact) mass is 370 g/mol. The molecular formula is C22H20NaO2P. The molecule has 0 saturated carbocycles. The van der Waals surface area contributed by atoms with E-state index in [9.17, 15) is 9.36 Å². The summed E-state index contributed by atoms with van der Waals surface area (Å²) in [5, 5.41) is 1.12. The van der Waals surface area contributed by atoms with Crippen LogP contribution in [0, 0.1) is 20.8 Å². The Morgan fingerprint density at radius 3 is 1.58 bits per heavy atom. The van der Waals surface area contributed by atoms with Crippen LogP contribution in [-0.4, -0.2) is 5.52 Å². The van der Waals surface area contributed by atoms with Gasteiger partial charge in [-0.2, -0.15) is 24.6 Å². The average molecular weight is 370 g/mol. The quantitative estimate of drug-likeness (QED) is 0.398. The Bertz CT molecular complexity index is 899. The van der Waals surface area contributed by atoms with Crippen LogP contribution in [0.15, 0.2) is 72.8 Å². The Morgan fingerprint density at radius 2 is 1.19 bits per heavy atom. The first kappa shape index (κ1) is 20.7. The number of hydrogen-bond acceptors (Lipinski definition) is 2. The van der Waals surface area contributed by atoms with Crippen LogP contribution in [0.2, 0.25) is 0 Å². The SMILES string of the molecule is [CH2-]c1cc(C)c(C(=O)P(=O)(c2ccccc2)c2ccccc2)c(C)c1.[Na+]. The summed E-state index contributed by atoms with van der Waals surface area (Å²) < 4.78 is 14.1. The summed E-state index contributed by atoms with van der Waals surface area (Å²) in [6.45, 7) is 7.68. The second-order valence-corrected chi connectivity index (χ2v) is 8.85. The molecule has 0 radical (unpaired) electrons. The number of benzene rings is 3. The van der Waals surface area contributed by atoms with Gasteiger partial charge in [-0.1, -0.05) is 85.6 Å². The van der Waals surface area contributed by atoms with Gasteiger partial charge in [0.15, 0.2) is 0 Å². The molecule has 3 aromatic carbocycles. The Morgan fingerprint density at radius 1 is 0.808 bits per heavy atom. The van der Waals surface area contributed by atoms with E-state index in [0.29, 0.717) is 16.2 Å². The predicted molar refractivity (Wildman–Crippen MR) is 104 cm³/mol. The molecule has 0 fully saturated rings. The summed E-state index contributed by atoms with van der Waals surface area (Å²) >= 11 is 0.